The number of hydrogen-bond acceptors (Lipinski definition) is 3. The van der Waals surface area contributed by atoms with E-state index >= 15 is 0 Å². The van der Waals surface area contributed by atoms with Crippen LogP contribution < -0.4 is 5.32 Å². The van der Waals surface area contributed by atoms with Crippen molar-refractivity contribution in [3.05, 3.63) is 41.7 Å². The van der Waals surface area contributed by atoms with Crippen LogP contribution in [0.5, 0.6) is 0 Å². The fourth-order valence-corrected chi connectivity index (χ4v) is 1.96. The Hall–Kier alpha value is -1.68. The average Bonchev–Trinajstić information content (AvgIpc) is 2.86. The summed E-state index contributed by atoms with van der Waals surface area (Å²) < 4.78 is 1.88. The van der Waals surface area contributed by atoms with E-state index in [0.717, 1.165) is 24.3 Å². The lowest BCUT2D eigenvalue weighted by molar-refractivity contribution is 0.713. The van der Waals surface area contributed by atoms with Gasteiger partial charge < -0.3 is 5.32 Å². The predicted molar refractivity (Wildman–Crippen MR) is 72.7 cm³/mol. The highest BCUT2D eigenvalue weighted by atomic mass is 15.4. The molecule has 4 heteroatoms. The lowest BCUT2D eigenvalue weighted by Crippen LogP contribution is -2.11. The van der Waals surface area contributed by atoms with Gasteiger partial charge in [-0.05, 0) is 37.6 Å². The molecule has 0 fully saturated rings. The molecule has 0 bridgehead atoms. The molecule has 0 saturated heterocycles. The molecule has 0 saturated carbocycles. The van der Waals surface area contributed by atoms with Gasteiger partial charge in [-0.3, -0.25) is 0 Å². The second-order valence-corrected chi connectivity index (χ2v) is 4.44. The van der Waals surface area contributed by atoms with Crippen molar-refractivity contribution >= 4 is 0 Å². The van der Waals surface area contributed by atoms with E-state index in [1.807, 2.05) is 11.7 Å². The first-order valence-corrected chi connectivity index (χ1v) is 6.48. The SMILES string of the molecule is CCCCc1ccc(-n2nncc2CNC)cc1. The summed E-state index contributed by atoms with van der Waals surface area (Å²) in [7, 11) is 1.92. The van der Waals surface area contributed by atoms with Gasteiger partial charge in [-0.1, -0.05) is 30.7 Å². The molecular formula is C14H20N4. The zero-order valence-electron chi connectivity index (χ0n) is 11.1. The molecule has 2 aromatic rings. The van der Waals surface area contributed by atoms with Gasteiger partial charge in [0.05, 0.1) is 17.6 Å². The van der Waals surface area contributed by atoms with E-state index < -0.39 is 0 Å². The summed E-state index contributed by atoms with van der Waals surface area (Å²) in [4.78, 5) is 0. The van der Waals surface area contributed by atoms with E-state index in [1.165, 1.54) is 18.4 Å². The first kappa shape index (κ1) is 12.8. The number of aryl methyl sites for hydroxylation is 1. The Morgan fingerprint density at radius 2 is 2.00 bits per heavy atom. The lowest BCUT2D eigenvalue weighted by atomic mass is 10.1. The Morgan fingerprint density at radius 1 is 1.22 bits per heavy atom. The third-order valence-electron chi connectivity index (χ3n) is 2.98. The van der Waals surface area contributed by atoms with Crippen molar-refractivity contribution in [2.75, 3.05) is 7.05 Å². The molecule has 96 valence electrons. The molecule has 2 rings (SSSR count). The van der Waals surface area contributed by atoms with Gasteiger partial charge in [-0.15, -0.1) is 5.10 Å². The van der Waals surface area contributed by atoms with Crippen molar-refractivity contribution in [1.82, 2.24) is 20.3 Å². The summed E-state index contributed by atoms with van der Waals surface area (Å²) in [5.41, 5.74) is 3.52. The van der Waals surface area contributed by atoms with Gasteiger partial charge in [0.15, 0.2) is 0 Å². The molecule has 0 spiro atoms. The highest BCUT2D eigenvalue weighted by Crippen LogP contribution is 2.12. The summed E-state index contributed by atoms with van der Waals surface area (Å²) in [6.07, 6.45) is 5.42. The second kappa shape index (κ2) is 6.31. The first-order chi connectivity index (χ1) is 8.85. The third-order valence-corrected chi connectivity index (χ3v) is 2.98. The van der Waals surface area contributed by atoms with Crippen LogP contribution in [0.3, 0.4) is 0 Å². The highest BCUT2D eigenvalue weighted by Gasteiger charge is 2.05. The van der Waals surface area contributed by atoms with Gasteiger partial charge in [-0.2, -0.15) is 0 Å². The number of aromatic nitrogens is 3. The van der Waals surface area contributed by atoms with Crippen LogP contribution >= 0.6 is 0 Å². The van der Waals surface area contributed by atoms with Crippen LogP contribution in [0.25, 0.3) is 5.69 Å². The molecule has 18 heavy (non-hydrogen) atoms. The summed E-state index contributed by atoms with van der Waals surface area (Å²) in [5, 5.41) is 11.2. The second-order valence-electron chi connectivity index (χ2n) is 4.44. The number of unbranched alkanes of at least 4 members (excludes halogenated alkanes) is 1. The minimum atomic E-state index is 0.768. The molecular weight excluding hydrogens is 224 g/mol. The van der Waals surface area contributed by atoms with E-state index in [4.69, 9.17) is 0 Å². The molecule has 1 aromatic carbocycles. The number of rotatable bonds is 6. The zero-order valence-corrected chi connectivity index (χ0v) is 11.1. The van der Waals surface area contributed by atoms with E-state index in [2.05, 4.69) is 46.8 Å². The smallest absolute Gasteiger partial charge is 0.0783 e. The fraction of sp³-hybridized carbons (Fsp3) is 0.429. The van der Waals surface area contributed by atoms with Crippen molar-refractivity contribution in [3.8, 4) is 5.69 Å². The molecule has 1 heterocycles. The van der Waals surface area contributed by atoms with Gasteiger partial charge in [0, 0.05) is 6.54 Å². The first-order valence-electron chi connectivity index (χ1n) is 6.48. The number of nitrogens with zero attached hydrogens (tertiary/aromatic N) is 3. The lowest BCUT2D eigenvalue weighted by Gasteiger charge is -2.07. The summed E-state index contributed by atoms with van der Waals surface area (Å²) in [5.74, 6) is 0. The predicted octanol–water partition coefficient (Wildman–Crippen LogP) is 2.33. The molecule has 0 unspecified atom stereocenters. The fourth-order valence-electron chi connectivity index (χ4n) is 1.96. The maximum absolute atomic E-state index is 4.12. The Labute approximate surface area is 108 Å². The van der Waals surface area contributed by atoms with Crippen LogP contribution in [0.2, 0.25) is 0 Å². The Kier molecular flexibility index (Phi) is 4.47. The van der Waals surface area contributed by atoms with Crippen LogP contribution in [0.15, 0.2) is 30.5 Å². The Bertz CT molecular complexity index is 473. The number of hydrogen-bond donors (Lipinski definition) is 1. The summed E-state index contributed by atoms with van der Waals surface area (Å²) in [6.45, 7) is 2.98. The summed E-state index contributed by atoms with van der Waals surface area (Å²) >= 11 is 0. The maximum atomic E-state index is 4.12. The Morgan fingerprint density at radius 3 is 2.67 bits per heavy atom. The highest BCUT2D eigenvalue weighted by molar-refractivity contribution is 5.35. The monoisotopic (exact) mass is 244 g/mol. The number of benzene rings is 1. The van der Waals surface area contributed by atoms with Crippen LogP contribution in [0.1, 0.15) is 31.0 Å². The average molecular weight is 244 g/mol. The van der Waals surface area contributed by atoms with Gasteiger partial charge in [0.25, 0.3) is 0 Å². The van der Waals surface area contributed by atoms with Gasteiger partial charge >= 0.3 is 0 Å². The normalized spacial score (nSPS) is 10.8. The molecule has 0 amide bonds. The van der Waals surface area contributed by atoms with Crippen molar-refractivity contribution in [3.63, 3.8) is 0 Å². The van der Waals surface area contributed by atoms with Gasteiger partial charge in [0.2, 0.25) is 0 Å². The van der Waals surface area contributed by atoms with Crippen LogP contribution in [-0.2, 0) is 13.0 Å². The van der Waals surface area contributed by atoms with E-state index in [-0.39, 0.29) is 0 Å². The van der Waals surface area contributed by atoms with Crippen molar-refractivity contribution in [1.29, 1.82) is 0 Å². The quantitative estimate of drug-likeness (QED) is 0.848. The van der Waals surface area contributed by atoms with Crippen molar-refractivity contribution in [2.45, 2.75) is 32.7 Å². The maximum Gasteiger partial charge on any atom is 0.0783 e. The zero-order chi connectivity index (χ0) is 12.8. The molecule has 0 aliphatic carbocycles. The molecule has 0 aliphatic rings. The molecule has 0 atom stereocenters. The Balaban J connectivity index is 2.15. The van der Waals surface area contributed by atoms with E-state index in [1.54, 1.807) is 6.20 Å². The van der Waals surface area contributed by atoms with Gasteiger partial charge in [0.1, 0.15) is 0 Å². The standard InChI is InChI=1S/C14H20N4/c1-3-4-5-12-6-8-13(9-7-12)18-14(10-15-2)11-16-17-18/h6-9,11,15H,3-5,10H2,1-2H3. The largest absolute Gasteiger partial charge is 0.314 e. The van der Waals surface area contributed by atoms with E-state index in [0.29, 0.717) is 0 Å². The molecule has 0 radical (unpaired) electrons. The summed E-state index contributed by atoms with van der Waals surface area (Å²) in [6, 6.07) is 8.57. The molecule has 0 aliphatic heterocycles. The topological polar surface area (TPSA) is 42.7 Å². The van der Waals surface area contributed by atoms with Crippen LogP contribution in [0, 0.1) is 0 Å². The minimum absolute atomic E-state index is 0.768. The minimum Gasteiger partial charge on any atom is -0.314 e. The van der Waals surface area contributed by atoms with E-state index in [9.17, 15) is 0 Å². The van der Waals surface area contributed by atoms with Crippen LogP contribution in [0.4, 0.5) is 0 Å². The van der Waals surface area contributed by atoms with Crippen molar-refractivity contribution in [2.24, 2.45) is 0 Å². The molecule has 4 nitrogen and oxygen atoms in total. The number of nitrogens with one attached hydrogen (secondary N) is 1. The van der Waals surface area contributed by atoms with Crippen LogP contribution in [-0.4, -0.2) is 22.0 Å². The molecule has 1 aromatic heterocycles. The van der Waals surface area contributed by atoms with Crippen molar-refractivity contribution < 1.29 is 0 Å². The third kappa shape index (κ3) is 2.96. The van der Waals surface area contributed by atoms with Gasteiger partial charge in [-0.25, -0.2) is 4.68 Å². The molecule has 1 N–H and O–H groups in total.